The van der Waals surface area contributed by atoms with Gasteiger partial charge in [-0.15, -0.1) is 0 Å². The van der Waals surface area contributed by atoms with Crippen molar-refractivity contribution in [1.29, 1.82) is 0 Å². The molecule has 2 amide bonds. The van der Waals surface area contributed by atoms with Gasteiger partial charge in [0.15, 0.2) is 6.10 Å². The minimum Gasteiger partial charge on any atom is -0.433 e. The van der Waals surface area contributed by atoms with Crippen LogP contribution in [0.3, 0.4) is 0 Å². The minimum absolute atomic E-state index is 0.0331. The summed E-state index contributed by atoms with van der Waals surface area (Å²) in [5.74, 6) is -2.10. The van der Waals surface area contributed by atoms with Crippen LogP contribution in [0.5, 0.6) is 5.88 Å². The van der Waals surface area contributed by atoms with E-state index < -0.39 is 42.6 Å². The fourth-order valence-electron chi connectivity index (χ4n) is 3.70. The highest BCUT2D eigenvalue weighted by molar-refractivity contribution is 5.82. The molecule has 0 saturated carbocycles. The number of carbonyl (C=O) groups excluding carboxylic acids is 2. The highest BCUT2D eigenvalue weighted by atomic mass is 19.1. The van der Waals surface area contributed by atoms with Gasteiger partial charge in [-0.3, -0.25) is 9.69 Å². The van der Waals surface area contributed by atoms with E-state index in [1.165, 1.54) is 28.2 Å². The zero-order valence-corrected chi connectivity index (χ0v) is 17.3. The molecule has 10 nitrogen and oxygen atoms in total. The van der Waals surface area contributed by atoms with E-state index >= 15 is 0 Å². The van der Waals surface area contributed by atoms with Crippen molar-refractivity contribution in [2.45, 2.75) is 25.4 Å². The van der Waals surface area contributed by atoms with Gasteiger partial charge < -0.3 is 29.1 Å². The van der Waals surface area contributed by atoms with Crippen molar-refractivity contribution < 1.29 is 42.6 Å². The van der Waals surface area contributed by atoms with Crippen LogP contribution in [-0.4, -0.2) is 75.8 Å². The Morgan fingerprint density at radius 2 is 2.09 bits per heavy atom. The first-order valence-corrected chi connectivity index (χ1v) is 10.1. The summed E-state index contributed by atoms with van der Waals surface area (Å²) in [6, 6.07) is 3.74. The van der Waals surface area contributed by atoms with Gasteiger partial charge in [0.2, 0.25) is 0 Å². The number of ether oxygens (including phenoxy) is 2. The van der Waals surface area contributed by atoms with Crippen LogP contribution in [0.15, 0.2) is 35.1 Å². The van der Waals surface area contributed by atoms with Gasteiger partial charge in [-0.1, -0.05) is 6.08 Å². The third kappa shape index (κ3) is 4.96. The van der Waals surface area contributed by atoms with Crippen LogP contribution < -0.4 is 4.74 Å². The van der Waals surface area contributed by atoms with Crippen LogP contribution in [0.2, 0.25) is 0 Å². The van der Waals surface area contributed by atoms with Gasteiger partial charge in [-0.25, -0.2) is 13.6 Å². The summed E-state index contributed by atoms with van der Waals surface area (Å²) in [7, 11) is 0. The average Bonchev–Trinajstić information content (AvgIpc) is 3.42. The SMILES string of the molecule is O=C1O[C@@H](Oc2ccon2)CN1Cc1cc(F)c(C2=CCN(C(=O)[C@@H](O)CO)CC2)c(F)c1. The standard InChI is InChI=1S/C21H21F2N3O7/c22-14-7-12(9-26-10-18(33-21(26)30)32-17-3-6-31-24-17)8-15(23)19(14)13-1-4-25(5-2-13)20(29)16(28)11-27/h1,3,6-8,16,18,27-28H,2,4-5,9-11H2/t16-,18+/m0/s1. The van der Waals surface area contributed by atoms with Gasteiger partial charge in [0, 0.05) is 31.3 Å². The van der Waals surface area contributed by atoms with Crippen molar-refractivity contribution in [3.63, 3.8) is 0 Å². The summed E-state index contributed by atoms with van der Waals surface area (Å²) < 4.78 is 44.7. The lowest BCUT2D eigenvalue weighted by atomic mass is 9.96. The van der Waals surface area contributed by atoms with Crippen molar-refractivity contribution in [2.24, 2.45) is 0 Å². The van der Waals surface area contributed by atoms with Crippen molar-refractivity contribution in [3.05, 3.63) is 53.3 Å². The number of hydrogen-bond acceptors (Lipinski definition) is 8. The number of benzene rings is 1. The molecule has 2 N–H and O–H groups in total. The normalized spacial score (nSPS) is 19.3. The molecular formula is C21H21F2N3O7. The van der Waals surface area contributed by atoms with Gasteiger partial charge in [-0.2, -0.15) is 0 Å². The van der Waals surface area contributed by atoms with E-state index in [1.807, 2.05) is 0 Å². The van der Waals surface area contributed by atoms with Crippen LogP contribution in [0, 0.1) is 11.6 Å². The number of cyclic esters (lactones) is 1. The minimum atomic E-state index is -1.52. The molecule has 4 rings (SSSR count). The molecule has 0 aliphatic carbocycles. The molecule has 2 aliphatic rings. The Bertz CT molecular complexity index is 1040. The van der Waals surface area contributed by atoms with Crippen molar-refractivity contribution in [2.75, 3.05) is 26.2 Å². The summed E-state index contributed by atoms with van der Waals surface area (Å²) in [5.41, 5.74) is 0.414. The fraction of sp³-hybridized carbons (Fsp3) is 0.381. The molecule has 3 heterocycles. The van der Waals surface area contributed by atoms with Crippen molar-refractivity contribution >= 4 is 17.6 Å². The third-order valence-corrected chi connectivity index (χ3v) is 5.30. The number of carbonyl (C=O) groups is 2. The lowest BCUT2D eigenvalue weighted by Gasteiger charge is -2.28. The number of nitrogens with zero attached hydrogens (tertiary/aromatic N) is 3. The van der Waals surface area contributed by atoms with Gasteiger partial charge in [0.1, 0.15) is 17.9 Å². The molecule has 33 heavy (non-hydrogen) atoms. The summed E-state index contributed by atoms with van der Waals surface area (Å²) in [5, 5.41) is 21.9. The zero-order chi connectivity index (χ0) is 23.5. The Morgan fingerprint density at radius 3 is 2.70 bits per heavy atom. The maximum Gasteiger partial charge on any atom is 0.413 e. The quantitative estimate of drug-likeness (QED) is 0.627. The number of aliphatic hydroxyl groups excluding tert-OH is 2. The number of halogens is 2. The van der Waals surface area contributed by atoms with E-state index in [9.17, 15) is 23.5 Å². The highest BCUT2D eigenvalue weighted by Crippen LogP contribution is 2.29. The highest BCUT2D eigenvalue weighted by Gasteiger charge is 2.34. The molecule has 1 aromatic carbocycles. The second-order valence-corrected chi connectivity index (χ2v) is 7.55. The number of rotatable bonds is 7. The van der Waals surface area contributed by atoms with E-state index in [0.29, 0.717) is 5.57 Å². The molecular weight excluding hydrogens is 444 g/mol. The first-order chi connectivity index (χ1) is 15.9. The molecule has 12 heteroatoms. The second-order valence-electron chi connectivity index (χ2n) is 7.55. The van der Waals surface area contributed by atoms with E-state index in [0.717, 1.165) is 12.1 Å². The molecule has 1 saturated heterocycles. The van der Waals surface area contributed by atoms with Gasteiger partial charge in [0.25, 0.3) is 18.1 Å². The van der Waals surface area contributed by atoms with Gasteiger partial charge in [0.05, 0.1) is 13.2 Å². The first-order valence-electron chi connectivity index (χ1n) is 10.1. The topological polar surface area (TPSA) is 126 Å². The van der Waals surface area contributed by atoms with Gasteiger partial charge in [-0.05, 0) is 34.8 Å². The van der Waals surface area contributed by atoms with E-state index in [-0.39, 0.29) is 49.6 Å². The summed E-state index contributed by atoms with van der Waals surface area (Å²) >= 11 is 0. The Morgan fingerprint density at radius 1 is 1.33 bits per heavy atom. The van der Waals surface area contributed by atoms with Crippen LogP contribution in [0.25, 0.3) is 5.57 Å². The van der Waals surface area contributed by atoms with Crippen LogP contribution in [-0.2, 0) is 16.1 Å². The first kappa shape index (κ1) is 22.7. The van der Waals surface area contributed by atoms with E-state index in [1.54, 1.807) is 0 Å². The molecule has 2 aromatic rings. The maximum absolute atomic E-state index is 14.8. The second kappa shape index (κ2) is 9.55. The van der Waals surface area contributed by atoms with Crippen molar-refractivity contribution in [1.82, 2.24) is 15.0 Å². The number of hydrogen-bond donors (Lipinski definition) is 2. The lowest BCUT2D eigenvalue weighted by molar-refractivity contribution is -0.141. The molecule has 2 aliphatic heterocycles. The number of amides is 2. The fourth-order valence-corrected chi connectivity index (χ4v) is 3.70. The lowest BCUT2D eigenvalue weighted by Crippen LogP contribution is -2.42. The van der Waals surface area contributed by atoms with Gasteiger partial charge >= 0.3 is 6.09 Å². The largest absolute Gasteiger partial charge is 0.433 e. The molecule has 0 radical (unpaired) electrons. The average molecular weight is 465 g/mol. The van der Waals surface area contributed by atoms with Crippen LogP contribution in [0.1, 0.15) is 17.5 Å². The molecule has 1 aromatic heterocycles. The maximum atomic E-state index is 14.8. The monoisotopic (exact) mass is 465 g/mol. The molecule has 2 atom stereocenters. The predicted molar refractivity (Wildman–Crippen MR) is 106 cm³/mol. The number of aliphatic hydroxyl groups is 2. The van der Waals surface area contributed by atoms with E-state index in [2.05, 4.69) is 9.68 Å². The van der Waals surface area contributed by atoms with Crippen LogP contribution in [0.4, 0.5) is 13.6 Å². The van der Waals surface area contributed by atoms with Crippen molar-refractivity contribution in [3.8, 4) is 5.88 Å². The third-order valence-electron chi connectivity index (χ3n) is 5.30. The molecule has 176 valence electrons. The summed E-state index contributed by atoms with van der Waals surface area (Å²) in [4.78, 5) is 26.5. The Balaban J connectivity index is 1.42. The summed E-state index contributed by atoms with van der Waals surface area (Å²) in [6.07, 6.45) is -0.164. The molecule has 1 fully saturated rings. The van der Waals surface area contributed by atoms with E-state index in [4.69, 9.17) is 14.6 Å². The Hall–Kier alpha value is -3.51. The smallest absolute Gasteiger partial charge is 0.413 e. The molecule has 0 spiro atoms. The number of aromatic nitrogens is 1. The zero-order valence-electron chi connectivity index (χ0n) is 17.3. The summed E-state index contributed by atoms with van der Waals surface area (Å²) in [6.45, 7) is -0.557. The Labute approximate surface area is 186 Å². The molecule has 0 bridgehead atoms. The predicted octanol–water partition coefficient (Wildman–Crippen LogP) is 1.28. The van der Waals surface area contributed by atoms with Crippen LogP contribution >= 0.6 is 0 Å². The molecule has 0 unspecified atom stereocenters. The Kier molecular flexibility index (Phi) is 6.56.